The lowest BCUT2D eigenvalue weighted by molar-refractivity contribution is 0.554. The zero-order valence-corrected chi connectivity index (χ0v) is 11.0. The van der Waals surface area contributed by atoms with E-state index in [4.69, 9.17) is 34.8 Å². The summed E-state index contributed by atoms with van der Waals surface area (Å²) in [5.41, 5.74) is 10.2. The van der Waals surface area contributed by atoms with E-state index >= 15 is 0 Å². The molecule has 1 heterocycles. The van der Waals surface area contributed by atoms with Crippen LogP contribution in [0.1, 0.15) is 17.2 Å². The van der Waals surface area contributed by atoms with Crippen LogP contribution in [0.2, 0.25) is 10.0 Å². The number of nitrogen functional groups attached to an aromatic ring is 1. The first kappa shape index (κ1) is 13.2. The van der Waals surface area contributed by atoms with Gasteiger partial charge in [-0.25, -0.2) is 0 Å². The molecule has 0 radical (unpaired) electrons. The van der Waals surface area contributed by atoms with Crippen LogP contribution in [0.5, 0.6) is 0 Å². The Morgan fingerprint density at radius 2 is 2.17 bits per heavy atom. The lowest BCUT2D eigenvalue weighted by Gasteiger charge is -2.16. The fourth-order valence-corrected chi connectivity index (χ4v) is 2.23. The number of benzene rings is 1. The molecule has 1 atom stereocenters. The average molecular weight is 286 g/mol. The molecule has 0 aliphatic rings. The Morgan fingerprint density at radius 1 is 1.39 bits per heavy atom. The number of anilines is 1. The molecule has 0 amide bonds. The summed E-state index contributed by atoms with van der Waals surface area (Å²) in [6, 6.07) is 5.19. The highest BCUT2D eigenvalue weighted by atomic mass is 35.5. The number of hydrazine groups is 1. The normalized spacial score (nSPS) is 12.6. The average Bonchev–Trinajstić information content (AvgIpc) is 2.75. The van der Waals surface area contributed by atoms with Crippen molar-refractivity contribution >= 4 is 29.0 Å². The maximum atomic E-state index is 6.12. The molecule has 0 spiro atoms. The molecule has 96 valence electrons. The van der Waals surface area contributed by atoms with Gasteiger partial charge in [0.1, 0.15) is 5.82 Å². The molecular formula is C11H13Cl2N5. The molecule has 0 aliphatic carbocycles. The van der Waals surface area contributed by atoms with E-state index in [-0.39, 0.29) is 6.04 Å². The second-order valence-corrected chi connectivity index (χ2v) is 4.74. The monoisotopic (exact) mass is 285 g/mol. The van der Waals surface area contributed by atoms with Crippen molar-refractivity contribution in [2.75, 3.05) is 5.73 Å². The van der Waals surface area contributed by atoms with Gasteiger partial charge in [0.05, 0.1) is 12.2 Å². The summed E-state index contributed by atoms with van der Waals surface area (Å²) in [7, 11) is 0. The summed E-state index contributed by atoms with van der Waals surface area (Å²) in [5.74, 6) is 6.03. The number of rotatable bonds is 4. The first-order chi connectivity index (χ1) is 8.61. The standard InChI is InChI=1S/C11H13Cl2N5/c12-7-2-1-6(9(13)4-7)3-10(17-15)8-5-16-18-11(8)14/h1-2,4-5,10,17H,3,15H2,(H3,14,16,18). The van der Waals surface area contributed by atoms with Crippen LogP contribution in [0, 0.1) is 0 Å². The Labute approximate surface area is 114 Å². The molecule has 2 rings (SSSR count). The van der Waals surface area contributed by atoms with Crippen molar-refractivity contribution in [1.82, 2.24) is 15.6 Å². The zero-order chi connectivity index (χ0) is 13.1. The minimum Gasteiger partial charge on any atom is -0.384 e. The molecule has 6 N–H and O–H groups in total. The zero-order valence-electron chi connectivity index (χ0n) is 9.45. The number of nitrogens with zero attached hydrogens (tertiary/aromatic N) is 1. The lowest BCUT2D eigenvalue weighted by Crippen LogP contribution is -2.30. The quantitative estimate of drug-likeness (QED) is 0.511. The molecule has 0 saturated heterocycles. The summed E-state index contributed by atoms with van der Waals surface area (Å²) in [4.78, 5) is 0. The van der Waals surface area contributed by atoms with Gasteiger partial charge in [-0.15, -0.1) is 0 Å². The van der Waals surface area contributed by atoms with Crippen LogP contribution in [0.4, 0.5) is 5.82 Å². The Kier molecular flexibility index (Phi) is 4.08. The van der Waals surface area contributed by atoms with Gasteiger partial charge < -0.3 is 5.73 Å². The van der Waals surface area contributed by atoms with Crippen LogP contribution in [-0.4, -0.2) is 10.2 Å². The van der Waals surface area contributed by atoms with E-state index in [1.165, 1.54) is 0 Å². The van der Waals surface area contributed by atoms with Crippen molar-refractivity contribution in [2.45, 2.75) is 12.5 Å². The Hall–Kier alpha value is -1.27. The molecular weight excluding hydrogens is 273 g/mol. The third kappa shape index (κ3) is 2.76. The molecule has 0 saturated carbocycles. The fraction of sp³-hybridized carbons (Fsp3) is 0.182. The van der Waals surface area contributed by atoms with Crippen LogP contribution in [0.15, 0.2) is 24.4 Å². The highest BCUT2D eigenvalue weighted by Gasteiger charge is 2.16. The predicted octanol–water partition coefficient (Wildman–Crippen LogP) is 2.05. The summed E-state index contributed by atoms with van der Waals surface area (Å²) < 4.78 is 0. The number of nitrogens with two attached hydrogens (primary N) is 2. The van der Waals surface area contributed by atoms with Crippen molar-refractivity contribution in [2.24, 2.45) is 5.84 Å². The highest BCUT2D eigenvalue weighted by Crippen LogP contribution is 2.27. The molecule has 2 aromatic rings. The van der Waals surface area contributed by atoms with Gasteiger partial charge >= 0.3 is 0 Å². The molecule has 1 aromatic carbocycles. The maximum absolute atomic E-state index is 6.12. The Morgan fingerprint density at radius 3 is 2.72 bits per heavy atom. The van der Waals surface area contributed by atoms with Gasteiger partial charge in [0.25, 0.3) is 0 Å². The van der Waals surface area contributed by atoms with Gasteiger partial charge in [0, 0.05) is 15.6 Å². The van der Waals surface area contributed by atoms with Gasteiger partial charge in [0.2, 0.25) is 0 Å². The first-order valence-corrected chi connectivity index (χ1v) is 6.06. The van der Waals surface area contributed by atoms with Crippen molar-refractivity contribution < 1.29 is 0 Å². The molecule has 7 heteroatoms. The van der Waals surface area contributed by atoms with E-state index in [0.717, 1.165) is 11.1 Å². The number of nitrogens with one attached hydrogen (secondary N) is 2. The maximum Gasteiger partial charge on any atom is 0.123 e. The molecule has 1 aromatic heterocycles. The second kappa shape index (κ2) is 5.58. The van der Waals surface area contributed by atoms with Crippen LogP contribution < -0.4 is 17.0 Å². The van der Waals surface area contributed by atoms with Crippen LogP contribution in [0.25, 0.3) is 0 Å². The van der Waals surface area contributed by atoms with E-state index in [1.54, 1.807) is 18.3 Å². The number of aromatic amines is 1. The van der Waals surface area contributed by atoms with Gasteiger partial charge in [-0.2, -0.15) is 5.10 Å². The predicted molar refractivity (Wildman–Crippen MR) is 73.2 cm³/mol. The van der Waals surface area contributed by atoms with E-state index in [1.807, 2.05) is 6.07 Å². The number of halogens is 2. The van der Waals surface area contributed by atoms with Crippen molar-refractivity contribution in [3.05, 3.63) is 45.6 Å². The summed E-state index contributed by atoms with van der Waals surface area (Å²) in [6.45, 7) is 0. The first-order valence-electron chi connectivity index (χ1n) is 5.30. The summed E-state index contributed by atoms with van der Waals surface area (Å²) >= 11 is 12.0. The molecule has 0 aliphatic heterocycles. The SMILES string of the molecule is NNC(Cc1ccc(Cl)cc1Cl)c1cn[nH]c1N. The molecule has 0 fully saturated rings. The van der Waals surface area contributed by atoms with Gasteiger partial charge in [-0.05, 0) is 24.1 Å². The smallest absolute Gasteiger partial charge is 0.123 e. The minimum atomic E-state index is -0.164. The van der Waals surface area contributed by atoms with Gasteiger partial charge in [-0.3, -0.25) is 16.4 Å². The number of aromatic nitrogens is 2. The third-order valence-electron chi connectivity index (χ3n) is 2.72. The van der Waals surface area contributed by atoms with E-state index in [2.05, 4.69) is 15.6 Å². The van der Waals surface area contributed by atoms with Gasteiger partial charge in [0.15, 0.2) is 0 Å². The lowest BCUT2D eigenvalue weighted by atomic mass is 10.0. The molecule has 18 heavy (non-hydrogen) atoms. The van der Waals surface area contributed by atoms with Crippen LogP contribution >= 0.6 is 23.2 Å². The highest BCUT2D eigenvalue weighted by molar-refractivity contribution is 6.35. The van der Waals surface area contributed by atoms with E-state index in [9.17, 15) is 0 Å². The molecule has 1 unspecified atom stereocenters. The summed E-state index contributed by atoms with van der Waals surface area (Å²) in [5, 5.41) is 7.74. The fourth-order valence-electron chi connectivity index (χ4n) is 1.75. The minimum absolute atomic E-state index is 0.164. The molecule has 0 bridgehead atoms. The number of H-pyrrole nitrogens is 1. The second-order valence-electron chi connectivity index (χ2n) is 3.90. The molecule has 5 nitrogen and oxygen atoms in total. The van der Waals surface area contributed by atoms with Crippen LogP contribution in [-0.2, 0) is 6.42 Å². The van der Waals surface area contributed by atoms with Crippen molar-refractivity contribution in [3.63, 3.8) is 0 Å². The van der Waals surface area contributed by atoms with Crippen molar-refractivity contribution in [1.29, 1.82) is 0 Å². The number of hydrogen-bond acceptors (Lipinski definition) is 4. The van der Waals surface area contributed by atoms with Crippen molar-refractivity contribution in [3.8, 4) is 0 Å². The topological polar surface area (TPSA) is 92.7 Å². The third-order valence-corrected chi connectivity index (χ3v) is 3.30. The largest absolute Gasteiger partial charge is 0.384 e. The van der Waals surface area contributed by atoms with Gasteiger partial charge in [-0.1, -0.05) is 29.3 Å². The van der Waals surface area contributed by atoms with Crippen LogP contribution in [0.3, 0.4) is 0 Å². The van der Waals surface area contributed by atoms with E-state index in [0.29, 0.717) is 22.3 Å². The van der Waals surface area contributed by atoms with E-state index < -0.39 is 0 Å². The summed E-state index contributed by atoms with van der Waals surface area (Å²) in [6.07, 6.45) is 2.24. The Balaban J connectivity index is 2.23. The number of hydrogen-bond donors (Lipinski definition) is 4. The Bertz CT molecular complexity index is 540.